The van der Waals surface area contributed by atoms with Crippen LogP contribution in [-0.4, -0.2) is 111 Å². The summed E-state index contributed by atoms with van der Waals surface area (Å²) in [5.74, 6) is -5.51. The average Bonchev–Trinajstić information content (AvgIpc) is 3.71. The third-order valence-corrected chi connectivity index (χ3v) is 13.3. The number of primary amides is 1. The molecule has 0 spiro atoms. The zero-order valence-electron chi connectivity index (χ0n) is 38.5. The van der Waals surface area contributed by atoms with Gasteiger partial charge in [-0.05, 0) is 60.9 Å². The molecule has 3 aliphatic rings. The van der Waals surface area contributed by atoms with Crippen LogP contribution in [0.5, 0.6) is 0 Å². The highest BCUT2D eigenvalue weighted by Gasteiger charge is 2.46. The second-order valence-corrected chi connectivity index (χ2v) is 18.0. The summed E-state index contributed by atoms with van der Waals surface area (Å²) in [6.45, 7) is 1.41. The number of hydrogen-bond donors (Lipinski definition) is 7. The highest BCUT2D eigenvalue weighted by Crippen LogP contribution is 2.46. The number of nitrogens with one attached hydrogen (secondary N) is 5. The zero-order valence-corrected chi connectivity index (χ0v) is 40.1. The molecule has 70 heavy (non-hydrogen) atoms. The minimum atomic E-state index is -2.06. The summed E-state index contributed by atoms with van der Waals surface area (Å²) >= 11 is 3.00. The van der Waals surface area contributed by atoms with Gasteiger partial charge in [-0.25, -0.2) is 14.2 Å². The van der Waals surface area contributed by atoms with E-state index in [1.165, 1.54) is 10.6 Å². The number of nitrogens with zero attached hydrogens (tertiary/aromatic N) is 3. The quantitative estimate of drug-likeness (QED) is 0.0417. The van der Waals surface area contributed by atoms with Gasteiger partial charge in [0, 0.05) is 54.9 Å². The summed E-state index contributed by atoms with van der Waals surface area (Å²) in [5, 5.41) is 25.1. The van der Waals surface area contributed by atoms with Crippen LogP contribution in [0.3, 0.4) is 0 Å². The number of alkyl halides is 1. The smallest absolute Gasteiger partial charge is 0.343 e. The van der Waals surface area contributed by atoms with E-state index in [2.05, 4.69) is 42.5 Å². The fraction of sp³-hybridized carbons (Fsp3) is 0.417. The van der Waals surface area contributed by atoms with Crippen LogP contribution in [0.4, 0.5) is 4.39 Å². The Labute approximate surface area is 408 Å². The molecule has 0 saturated heterocycles. The number of amides is 7. The van der Waals surface area contributed by atoms with Crippen LogP contribution >= 0.6 is 15.9 Å². The summed E-state index contributed by atoms with van der Waals surface area (Å²) < 4.78 is 22.2. The molecule has 4 aromatic rings. The number of carbonyl (C=O) groups excluding carboxylic acids is 8. The summed E-state index contributed by atoms with van der Waals surface area (Å²) in [5.41, 5.74) is 7.41. The number of fused-ring (bicyclic) bond motifs is 5. The standard InChI is InChI=1S/C48H53BrFN9O11/c1-3-48(69)30-17-35-44-28(22-59(35)45(66)29(30)24-70-47(48)68)43-32(12-11-27-25(2)31(50)18-33(57-44)42(27)43)55-38(62)10-7-15-58(23-36(51)60)46(67)34(16-26-8-5-4-6-9-26)56-41(65)21-54-40(64)20-53-37(61)13-14-52-39(63)19-49/h4-6,8-9,17-18,32,34,69H,3,7,10-16,19-24H2,1-2H3,(H2,51,60)(H,52,63)(H,53,61)(H,54,64)(H,55,62)(H,56,65)/t32-,34-,48-/m0/s1. The number of ether oxygens (including phenoxy) is 1. The maximum Gasteiger partial charge on any atom is 0.343 e. The van der Waals surface area contributed by atoms with Crippen LogP contribution in [0.2, 0.25) is 0 Å². The van der Waals surface area contributed by atoms with Gasteiger partial charge in [0.25, 0.3) is 5.56 Å². The molecule has 2 aromatic heterocycles. The lowest BCUT2D eigenvalue weighted by molar-refractivity contribution is -0.172. The van der Waals surface area contributed by atoms with Crippen LogP contribution in [0.1, 0.15) is 84.0 Å². The molecule has 0 radical (unpaired) electrons. The van der Waals surface area contributed by atoms with Crippen LogP contribution in [0.15, 0.2) is 47.3 Å². The summed E-state index contributed by atoms with van der Waals surface area (Å²) in [6, 6.07) is 9.78. The Morgan fingerprint density at radius 3 is 2.41 bits per heavy atom. The maximum absolute atomic E-state index is 15.5. The van der Waals surface area contributed by atoms with E-state index in [4.69, 9.17) is 15.5 Å². The summed E-state index contributed by atoms with van der Waals surface area (Å²) in [7, 11) is 0. The Balaban J connectivity index is 1.04. The van der Waals surface area contributed by atoms with Crippen molar-refractivity contribution in [1.82, 2.24) is 41.0 Å². The second kappa shape index (κ2) is 21.7. The fourth-order valence-corrected chi connectivity index (χ4v) is 9.44. The molecule has 20 nitrogen and oxygen atoms in total. The van der Waals surface area contributed by atoms with Crippen molar-refractivity contribution in [3.8, 4) is 11.4 Å². The third kappa shape index (κ3) is 10.9. The lowest BCUT2D eigenvalue weighted by atomic mass is 9.81. The number of aromatic nitrogens is 2. The minimum absolute atomic E-state index is 0.00196. The summed E-state index contributed by atoms with van der Waals surface area (Å²) in [4.78, 5) is 122. The number of benzene rings is 2. The molecule has 8 N–H and O–H groups in total. The summed E-state index contributed by atoms with van der Waals surface area (Å²) in [6.07, 6.45) is 0.582. The molecule has 0 fully saturated rings. The van der Waals surface area contributed by atoms with Gasteiger partial charge in [0.1, 0.15) is 18.5 Å². The van der Waals surface area contributed by atoms with E-state index in [1.807, 2.05) is 0 Å². The van der Waals surface area contributed by atoms with Crippen molar-refractivity contribution in [3.63, 3.8) is 0 Å². The molecule has 3 atom stereocenters. The third-order valence-electron chi connectivity index (χ3n) is 12.8. The number of cyclic esters (lactones) is 1. The zero-order chi connectivity index (χ0) is 50.4. The predicted molar refractivity (Wildman–Crippen MR) is 253 cm³/mol. The van der Waals surface area contributed by atoms with Crippen molar-refractivity contribution in [1.29, 1.82) is 0 Å². The Morgan fingerprint density at radius 2 is 1.70 bits per heavy atom. The van der Waals surface area contributed by atoms with Crippen LogP contribution in [0, 0.1) is 12.7 Å². The monoisotopic (exact) mass is 1030 g/mol. The van der Waals surface area contributed by atoms with Gasteiger partial charge in [0.05, 0.1) is 60.0 Å². The van der Waals surface area contributed by atoms with Gasteiger partial charge in [-0.1, -0.05) is 53.2 Å². The van der Waals surface area contributed by atoms with E-state index in [-0.39, 0.29) is 80.7 Å². The number of esters is 1. The Morgan fingerprint density at radius 1 is 0.971 bits per heavy atom. The van der Waals surface area contributed by atoms with Gasteiger partial charge >= 0.3 is 5.97 Å². The van der Waals surface area contributed by atoms with E-state index >= 15 is 4.39 Å². The molecule has 2 aliphatic heterocycles. The number of pyridine rings is 2. The number of aliphatic hydroxyl groups is 1. The van der Waals surface area contributed by atoms with Crippen LogP contribution < -0.4 is 37.9 Å². The molecule has 0 saturated carbocycles. The van der Waals surface area contributed by atoms with Gasteiger partial charge in [0.15, 0.2) is 5.60 Å². The molecule has 22 heteroatoms. The van der Waals surface area contributed by atoms with E-state index in [0.29, 0.717) is 57.4 Å². The molecule has 1 aliphatic carbocycles. The van der Waals surface area contributed by atoms with E-state index < -0.39 is 90.1 Å². The normalized spacial score (nSPS) is 16.7. The highest BCUT2D eigenvalue weighted by molar-refractivity contribution is 9.09. The Kier molecular flexibility index (Phi) is 15.7. The Hall–Kier alpha value is -7.07. The second-order valence-electron chi connectivity index (χ2n) is 17.4. The average molecular weight is 1030 g/mol. The van der Waals surface area contributed by atoms with Crippen molar-refractivity contribution < 1.29 is 52.6 Å². The molecule has 2 aromatic carbocycles. The highest BCUT2D eigenvalue weighted by atomic mass is 79.9. The lowest BCUT2D eigenvalue weighted by Crippen LogP contribution is -2.53. The first-order valence-corrected chi connectivity index (χ1v) is 23.9. The molecular formula is C48H53BrFN9O11. The minimum Gasteiger partial charge on any atom is -0.458 e. The largest absolute Gasteiger partial charge is 0.458 e. The number of hydrogen-bond acceptors (Lipinski definition) is 12. The molecule has 0 unspecified atom stereocenters. The van der Waals surface area contributed by atoms with E-state index in [9.17, 15) is 48.3 Å². The van der Waals surface area contributed by atoms with Crippen molar-refractivity contribution in [3.05, 3.63) is 97.6 Å². The van der Waals surface area contributed by atoms with Crippen LogP contribution in [-0.2, 0) is 74.7 Å². The number of halogens is 2. The van der Waals surface area contributed by atoms with E-state index in [1.54, 1.807) is 50.2 Å². The number of carbonyl (C=O) groups is 8. The van der Waals surface area contributed by atoms with Crippen molar-refractivity contribution in [2.75, 3.05) is 38.1 Å². The maximum atomic E-state index is 15.5. The first-order chi connectivity index (χ1) is 33.4. The lowest BCUT2D eigenvalue weighted by Gasteiger charge is -2.31. The molecular weight excluding hydrogens is 977 g/mol. The molecule has 4 heterocycles. The van der Waals surface area contributed by atoms with Crippen LogP contribution in [0.25, 0.3) is 22.3 Å². The van der Waals surface area contributed by atoms with Gasteiger partial charge in [-0.3, -0.25) is 38.4 Å². The van der Waals surface area contributed by atoms with E-state index in [0.717, 1.165) is 10.5 Å². The van der Waals surface area contributed by atoms with Gasteiger partial charge in [-0.15, -0.1) is 0 Å². The first-order valence-electron chi connectivity index (χ1n) is 22.8. The van der Waals surface area contributed by atoms with Gasteiger partial charge in [0.2, 0.25) is 41.4 Å². The van der Waals surface area contributed by atoms with Crippen molar-refractivity contribution in [2.45, 2.75) is 89.6 Å². The van der Waals surface area contributed by atoms with Gasteiger partial charge < -0.3 is 51.6 Å². The topological polar surface area (TPSA) is 290 Å². The SMILES string of the molecule is CC[C@@]1(O)C(=O)OCc2c1cc1n(c2=O)Cc2c-1nc1cc(F)c(C)c3c1c2[C@@H](NC(=O)CCCN(CC(N)=O)C(=O)[C@H](Cc1ccccc1)NC(=O)CNC(=O)CNC(=O)CCNC(=O)CBr)CC3. The Bertz CT molecular complexity index is 2860. The molecule has 370 valence electrons. The number of aryl methyl sites for hydroxylation is 1. The van der Waals surface area contributed by atoms with Crippen molar-refractivity contribution >= 4 is 74.2 Å². The fourth-order valence-electron chi connectivity index (χ4n) is 9.24. The number of nitrogens with two attached hydrogens (primary N) is 1. The first kappa shape index (κ1) is 50.8. The molecule has 0 bridgehead atoms. The molecule has 7 amide bonds. The van der Waals surface area contributed by atoms with Gasteiger partial charge in [-0.2, -0.15) is 0 Å². The molecule has 7 rings (SSSR count). The van der Waals surface area contributed by atoms with Crippen molar-refractivity contribution in [2.24, 2.45) is 5.73 Å². The predicted octanol–water partition coefficient (Wildman–Crippen LogP) is 0.586. The number of rotatable bonds is 20.